The number of benzene rings is 1. The van der Waals surface area contributed by atoms with Crippen molar-refractivity contribution in [1.29, 1.82) is 0 Å². The fourth-order valence-corrected chi connectivity index (χ4v) is 3.85. The third-order valence-corrected chi connectivity index (χ3v) is 4.96. The third-order valence-electron chi connectivity index (χ3n) is 4.96. The molecule has 2 nitrogen and oxygen atoms in total. The summed E-state index contributed by atoms with van der Waals surface area (Å²) in [7, 11) is 0. The number of hydrogen-bond acceptors (Lipinski definition) is 2. The van der Waals surface area contributed by atoms with Crippen molar-refractivity contribution in [3.8, 4) is 0 Å². The first-order chi connectivity index (χ1) is 9.62. The zero-order valence-corrected chi connectivity index (χ0v) is 12.2. The summed E-state index contributed by atoms with van der Waals surface area (Å²) < 4.78 is 5.88. The van der Waals surface area contributed by atoms with Crippen LogP contribution in [0.3, 0.4) is 0 Å². The van der Waals surface area contributed by atoms with Gasteiger partial charge < -0.3 is 4.74 Å². The van der Waals surface area contributed by atoms with E-state index >= 15 is 0 Å². The molecule has 0 heterocycles. The van der Waals surface area contributed by atoms with Crippen LogP contribution < -0.4 is 0 Å². The quantitative estimate of drug-likeness (QED) is 0.590. The molecule has 0 N–H and O–H groups in total. The highest BCUT2D eigenvalue weighted by molar-refractivity contribution is 5.87. The molecule has 0 bridgehead atoms. The van der Waals surface area contributed by atoms with E-state index in [1.54, 1.807) is 6.92 Å². The van der Waals surface area contributed by atoms with E-state index in [0.29, 0.717) is 5.57 Å². The molecule has 1 aromatic carbocycles. The van der Waals surface area contributed by atoms with Crippen LogP contribution in [0.5, 0.6) is 0 Å². The van der Waals surface area contributed by atoms with Crippen LogP contribution in [-0.4, -0.2) is 5.97 Å². The van der Waals surface area contributed by atoms with Gasteiger partial charge in [-0.05, 0) is 43.7 Å². The van der Waals surface area contributed by atoms with Crippen molar-refractivity contribution >= 4 is 5.97 Å². The van der Waals surface area contributed by atoms with Crippen LogP contribution in [0.4, 0.5) is 0 Å². The summed E-state index contributed by atoms with van der Waals surface area (Å²) in [5, 5.41) is 0. The Labute approximate surface area is 120 Å². The van der Waals surface area contributed by atoms with Crippen LogP contribution in [0, 0.1) is 5.41 Å². The summed E-state index contributed by atoms with van der Waals surface area (Å²) in [5.41, 5.74) is 3.21. The second kappa shape index (κ2) is 5.08. The molecule has 0 aromatic heterocycles. The second-order valence-corrected chi connectivity index (χ2v) is 6.33. The second-order valence-electron chi connectivity index (χ2n) is 6.33. The fraction of sp³-hybridized carbons (Fsp3) is 0.500. The Morgan fingerprint density at radius 1 is 1.25 bits per heavy atom. The Balaban J connectivity index is 1.98. The van der Waals surface area contributed by atoms with Crippen molar-refractivity contribution in [3.63, 3.8) is 0 Å². The van der Waals surface area contributed by atoms with Crippen molar-refractivity contribution in [2.45, 2.75) is 51.6 Å². The molecule has 2 aliphatic rings. The van der Waals surface area contributed by atoms with Gasteiger partial charge in [0, 0.05) is 11.0 Å². The molecule has 0 amide bonds. The number of carbonyl (C=O) groups excluding carboxylic acids is 1. The van der Waals surface area contributed by atoms with Gasteiger partial charge in [-0.25, -0.2) is 4.79 Å². The molecule has 1 atom stereocenters. The molecule has 1 aromatic rings. The molecule has 0 radical (unpaired) electrons. The number of ether oxygens (including phenoxy) is 1. The smallest absolute Gasteiger partial charge is 0.333 e. The van der Waals surface area contributed by atoms with Crippen molar-refractivity contribution in [2.75, 3.05) is 0 Å². The monoisotopic (exact) mass is 270 g/mol. The third kappa shape index (κ3) is 2.17. The van der Waals surface area contributed by atoms with E-state index in [-0.39, 0.29) is 17.5 Å². The minimum absolute atomic E-state index is 0.0841. The Morgan fingerprint density at radius 2 is 1.95 bits per heavy atom. The average molecular weight is 270 g/mol. The van der Waals surface area contributed by atoms with Crippen molar-refractivity contribution < 1.29 is 9.53 Å². The molecular formula is C18H22O2. The summed E-state index contributed by atoms with van der Waals surface area (Å²) in [6.45, 7) is 5.44. The average Bonchev–Trinajstić information content (AvgIpc) is 2.91. The van der Waals surface area contributed by atoms with Crippen molar-refractivity contribution in [2.24, 2.45) is 5.41 Å². The molecule has 0 saturated heterocycles. The number of rotatable bonds is 2. The zero-order chi connectivity index (χ0) is 14.2. The van der Waals surface area contributed by atoms with Crippen molar-refractivity contribution in [3.05, 3.63) is 47.5 Å². The van der Waals surface area contributed by atoms with Gasteiger partial charge in [0.05, 0.1) is 0 Å². The number of aryl methyl sites for hydroxylation is 1. The van der Waals surface area contributed by atoms with Gasteiger partial charge in [-0.2, -0.15) is 0 Å². The van der Waals surface area contributed by atoms with E-state index in [1.807, 2.05) is 0 Å². The first kappa shape index (κ1) is 13.4. The predicted octanol–water partition coefficient (Wildman–Crippen LogP) is 4.35. The van der Waals surface area contributed by atoms with E-state index in [0.717, 1.165) is 12.8 Å². The molecule has 1 fully saturated rings. The van der Waals surface area contributed by atoms with Gasteiger partial charge in [0.15, 0.2) is 0 Å². The van der Waals surface area contributed by atoms with Gasteiger partial charge in [-0.15, -0.1) is 0 Å². The van der Waals surface area contributed by atoms with Crippen LogP contribution in [0.1, 0.15) is 56.3 Å². The Morgan fingerprint density at radius 3 is 2.65 bits per heavy atom. The summed E-state index contributed by atoms with van der Waals surface area (Å²) in [5.74, 6) is -0.252. The zero-order valence-electron chi connectivity index (χ0n) is 12.2. The molecule has 3 rings (SSSR count). The van der Waals surface area contributed by atoms with Crippen LogP contribution in [0.2, 0.25) is 0 Å². The van der Waals surface area contributed by atoms with E-state index in [2.05, 4.69) is 30.8 Å². The maximum atomic E-state index is 12.0. The molecule has 20 heavy (non-hydrogen) atoms. The fourth-order valence-electron chi connectivity index (χ4n) is 3.85. The van der Waals surface area contributed by atoms with Gasteiger partial charge in [-0.1, -0.05) is 43.7 Å². The lowest BCUT2D eigenvalue weighted by atomic mass is 9.68. The highest BCUT2D eigenvalue weighted by atomic mass is 16.5. The standard InChI is InChI=1S/C18H22O2/c1-13(2)17(19)20-16-15-8-4-3-7-14(15)9-12-18(16)10-5-6-11-18/h3-4,7-8,16H,1,5-6,9-12H2,2H3. The van der Waals surface area contributed by atoms with Crippen LogP contribution in [-0.2, 0) is 16.0 Å². The molecule has 1 spiro atoms. The maximum absolute atomic E-state index is 12.0. The number of hydrogen-bond donors (Lipinski definition) is 0. The normalized spacial score (nSPS) is 23.4. The summed E-state index contributed by atoms with van der Waals surface area (Å²) in [6.07, 6.45) is 7.02. The highest BCUT2D eigenvalue weighted by Gasteiger charge is 2.47. The Bertz CT molecular complexity index is 538. The lowest BCUT2D eigenvalue weighted by molar-refractivity contribution is -0.153. The number of carbonyl (C=O) groups is 1. The van der Waals surface area contributed by atoms with Crippen molar-refractivity contribution in [1.82, 2.24) is 0 Å². The van der Waals surface area contributed by atoms with E-state index in [1.165, 1.54) is 36.8 Å². The lowest BCUT2D eigenvalue weighted by Crippen LogP contribution is -2.34. The molecule has 1 unspecified atom stereocenters. The van der Waals surface area contributed by atoms with Crippen LogP contribution in [0.15, 0.2) is 36.4 Å². The minimum Gasteiger partial charge on any atom is -0.454 e. The number of fused-ring (bicyclic) bond motifs is 1. The van der Waals surface area contributed by atoms with Gasteiger partial charge in [0.25, 0.3) is 0 Å². The van der Waals surface area contributed by atoms with E-state index in [4.69, 9.17) is 4.74 Å². The first-order valence-corrected chi connectivity index (χ1v) is 7.57. The lowest BCUT2D eigenvalue weighted by Gasteiger charge is -2.42. The molecule has 106 valence electrons. The molecule has 0 aliphatic heterocycles. The maximum Gasteiger partial charge on any atom is 0.333 e. The number of esters is 1. The van der Waals surface area contributed by atoms with Crippen LogP contribution in [0.25, 0.3) is 0 Å². The largest absolute Gasteiger partial charge is 0.454 e. The summed E-state index contributed by atoms with van der Waals surface area (Å²) in [4.78, 5) is 12.0. The van der Waals surface area contributed by atoms with Gasteiger partial charge >= 0.3 is 5.97 Å². The minimum atomic E-state index is -0.252. The molecular weight excluding hydrogens is 248 g/mol. The Kier molecular flexibility index (Phi) is 3.41. The summed E-state index contributed by atoms with van der Waals surface area (Å²) in [6, 6.07) is 8.42. The molecule has 1 saturated carbocycles. The van der Waals surface area contributed by atoms with Gasteiger partial charge in [0.1, 0.15) is 6.10 Å². The topological polar surface area (TPSA) is 26.3 Å². The first-order valence-electron chi connectivity index (χ1n) is 7.57. The van der Waals surface area contributed by atoms with Gasteiger partial charge in [0.2, 0.25) is 0 Å². The molecule has 2 aliphatic carbocycles. The highest BCUT2D eigenvalue weighted by Crippen LogP contribution is 2.55. The Hall–Kier alpha value is -1.57. The van der Waals surface area contributed by atoms with Gasteiger partial charge in [-0.3, -0.25) is 0 Å². The van der Waals surface area contributed by atoms with Crippen LogP contribution >= 0.6 is 0 Å². The molecule has 2 heteroatoms. The predicted molar refractivity (Wildman–Crippen MR) is 79.3 cm³/mol. The van der Waals surface area contributed by atoms with E-state index in [9.17, 15) is 4.79 Å². The SMILES string of the molecule is C=C(C)C(=O)OC1c2ccccc2CCC12CCCC2. The summed E-state index contributed by atoms with van der Waals surface area (Å²) >= 11 is 0. The van der Waals surface area contributed by atoms with E-state index < -0.39 is 0 Å².